The number of anilines is 1. The van der Waals surface area contributed by atoms with Crippen LogP contribution in [0.1, 0.15) is 44.6 Å². The highest BCUT2D eigenvalue weighted by Gasteiger charge is 2.04. The van der Waals surface area contributed by atoms with Crippen LogP contribution in [-0.4, -0.2) is 32.0 Å². The summed E-state index contributed by atoms with van der Waals surface area (Å²) in [5.41, 5.74) is 3.64. The van der Waals surface area contributed by atoms with E-state index in [0.717, 1.165) is 37.6 Å². The number of rotatable bonds is 7. The summed E-state index contributed by atoms with van der Waals surface area (Å²) in [5, 5.41) is 9.51. The summed E-state index contributed by atoms with van der Waals surface area (Å²) in [7, 11) is 1.80. The van der Waals surface area contributed by atoms with Gasteiger partial charge >= 0.3 is 0 Å². The van der Waals surface area contributed by atoms with Gasteiger partial charge in [0.15, 0.2) is 5.96 Å². The quantitative estimate of drug-likeness (QED) is 0.246. The maximum atomic E-state index is 11.0. The van der Waals surface area contributed by atoms with Crippen LogP contribution in [0.2, 0.25) is 0 Å². The largest absolute Gasteiger partial charge is 0.356 e. The number of amides is 1. The summed E-state index contributed by atoms with van der Waals surface area (Å²) in [6.07, 6.45) is 9.57. The van der Waals surface area contributed by atoms with Crippen molar-refractivity contribution in [3.63, 3.8) is 0 Å². The molecule has 5 nitrogen and oxygen atoms in total. The Balaban J connectivity index is 0.00000338. The van der Waals surface area contributed by atoms with E-state index in [0.29, 0.717) is 0 Å². The number of halogens is 1. The monoisotopic (exact) mass is 470 g/mol. The van der Waals surface area contributed by atoms with E-state index >= 15 is 0 Å². The highest BCUT2D eigenvalue weighted by Crippen LogP contribution is 2.19. The average molecular weight is 470 g/mol. The van der Waals surface area contributed by atoms with Crippen LogP contribution in [0.15, 0.2) is 40.9 Å². The van der Waals surface area contributed by atoms with Gasteiger partial charge < -0.3 is 16.0 Å². The molecule has 1 aromatic rings. The number of guanidine groups is 1. The molecule has 0 fully saturated rings. The van der Waals surface area contributed by atoms with E-state index in [-0.39, 0.29) is 29.9 Å². The highest BCUT2D eigenvalue weighted by molar-refractivity contribution is 14.0. The zero-order valence-corrected chi connectivity index (χ0v) is 18.1. The Labute approximate surface area is 174 Å². The second-order valence-corrected chi connectivity index (χ2v) is 6.41. The summed E-state index contributed by atoms with van der Waals surface area (Å²) < 4.78 is 0. The first-order chi connectivity index (χ1) is 12.2. The standard InChI is InChI=1S/C20H30N4O.HI/c1-16(25)24-19-10-8-18(9-11-19)13-15-23-20(21-2)22-14-12-17-6-4-3-5-7-17;/h6,8-11H,3-5,7,12-15H2,1-2H3,(H,24,25)(H2,21,22,23);1H. The average Bonchev–Trinajstić information content (AvgIpc) is 2.62. The molecule has 0 saturated heterocycles. The minimum absolute atomic E-state index is 0. The Morgan fingerprint density at radius 2 is 1.77 bits per heavy atom. The Bertz CT molecular complexity index is 611. The predicted octanol–water partition coefficient (Wildman–Crippen LogP) is 3.86. The van der Waals surface area contributed by atoms with Crippen molar-refractivity contribution >= 4 is 41.5 Å². The maximum Gasteiger partial charge on any atom is 0.221 e. The fraction of sp³-hybridized carbons (Fsp3) is 0.500. The van der Waals surface area contributed by atoms with Crippen LogP contribution in [0.25, 0.3) is 0 Å². The summed E-state index contributed by atoms with van der Waals surface area (Å²) in [5.74, 6) is 0.805. The summed E-state index contributed by atoms with van der Waals surface area (Å²) in [4.78, 5) is 15.3. The molecule has 144 valence electrons. The molecule has 0 atom stereocenters. The SMILES string of the molecule is CN=C(NCCC1=CCCCC1)NCCc1ccc(NC(C)=O)cc1.I. The molecule has 0 radical (unpaired) electrons. The van der Waals surface area contributed by atoms with E-state index in [2.05, 4.69) is 27.0 Å². The van der Waals surface area contributed by atoms with E-state index in [9.17, 15) is 4.79 Å². The molecule has 0 aliphatic heterocycles. The Kier molecular flexibility index (Phi) is 11.0. The van der Waals surface area contributed by atoms with Crippen molar-refractivity contribution in [2.75, 3.05) is 25.5 Å². The lowest BCUT2D eigenvalue weighted by Crippen LogP contribution is -2.38. The van der Waals surface area contributed by atoms with E-state index in [1.807, 2.05) is 24.3 Å². The van der Waals surface area contributed by atoms with Crippen LogP contribution >= 0.6 is 24.0 Å². The van der Waals surface area contributed by atoms with Crippen LogP contribution in [-0.2, 0) is 11.2 Å². The third kappa shape index (κ3) is 8.69. The van der Waals surface area contributed by atoms with Gasteiger partial charge in [0.1, 0.15) is 0 Å². The maximum absolute atomic E-state index is 11.0. The molecule has 1 aliphatic carbocycles. The van der Waals surface area contributed by atoms with Crippen LogP contribution in [0.5, 0.6) is 0 Å². The first kappa shape index (κ1) is 22.5. The van der Waals surface area contributed by atoms with Gasteiger partial charge in [0.2, 0.25) is 5.91 Å². The number of hydrogen-bond acceptors (Lipinski definition) is 2. The van der Waals surface area contributed by atoms with Crippen molar-refractivity contribution in [2.45, 2.75) is 45.4 Å². The van der Waals surface area contributed by atoms with Crippen LogP contribution in [0.3, 0.4) is 0 Å². The topological polar surface area (TPSA) is 65.5 Å². The van der Waals surface area contributed by atoms with Gasteiger partial charge in [0, 0.05) is 32.7 Å². The second-order valence-electron chi connectivity index (χ2n) is 6.41. The number of allylic oxidation sites excluding steroid dienone is 1. The molecule has 3 N–H and O–H groups in total. The van der Waals surface area contributed by atoms with Crippen molar-refractivity contribution in [2.24, 2.45) is 4.99 Å². The number of carbonyl (C=O) groups is 1. The van der Waals surface area contributed by atoms with Gasteiger partial charge in [0.25, 0.3) is 0 Å². The Morgan fingerprint density at radius 1 is 1.08 bits per heavy atom. The number of nitrogens with zero attached hydrogens (tertiary/aromatic N) is 1. The number of benzene rings is 1. The zero-order chi connectivity index (χ0) is 17.9. The lowest BCUT2D eigenvalue weighted by Gasteiger charge is -2.15. The fourth-order valence-electron chi connectivity index (χ4n) is 2.98. The zero-order valence-electron chi connectivity index (χ0n) is 15.8. The van der Waals surface area contributed by atoms with Crippen molar-refractivity contribution in [3.05, 3.63) is 41.5 Å². The number of aliphatic imine (C=N–C) groups is 1. The smallest absolute Gasteiger partial charge is 0.221 e. The normalized spacial score (nSPS) is 14.1. The van der Waals surface area contributed by atoms with Crippen LogP contribution < -0.4 is 16.0 Å². The van der Waals surface area contributed by atoms with E-state index < -0.39 is 0 Å². The third-order valence-electron chi connectivity index (χ3n) is 4.33. The fourth-order valence-corrected chi connectivity index (χ4v) is 2.98. The molecule has 0 aromatic heterocycles. The second kappa shape index (κ2) is 12.7. The van der Waals surface area contributed by atoms with Gasteiger partial charge in [-0.25, -0.2) is 0 Å². The molecule has 26 heavy (non-hydrogen) atoms. The molecule has 1 aliphatic rings. The molecule has 0 spiro atoms. The first-order valence-corrected chi connectivity index (χ1v) is 9.16. The highest BCUT2D eigenvalue weighted by atomic mass is 127. The molecule has 0 unspecified atom stereocenters. The minimum Gasteiger partial charge on any atom is -0.356 e. The van der Waals surface area contributed by atoms with Crippen LogP contribution in [0, 0.1) is 0 Å². The summed E-state index contributed by atoms with van der Waals surface area (Å²) in [6.45, 7) is 3.26. The third-order valence-corrected chi connectivity index (χ3v) is 4.33. The van der Waals surface area contributed by atoms with Crippen molar-refractivity contribution in [3.8, 4) is 0 Å². The minimum atomic E-state index is -0.0479. The lowest BCUT2D eigenvalue weighted by molar-refractivity contribution is -0.114. The lowest BCUT2D eigenvalue weighted by atomic mass is 9.97. The van der Waals surface area contributed by atoms with Gasteiger partial charge in [-0.15, -0.1) is 24.0 Å². The summed E-state index contributed by atoms with van der Waals surface area (Å²) >= 11 is 0. The van der Waals surface area contributed by atoms with Gasteiger partial charge in [-0.3, -0.25) is 9.79 Å². The molecular weight excluding hydrogens is 439 g/mol. The van der Waals surface area contributed by atoms with Crippen LogP contribution in [0.4, 0.5) is 5.69 Å². The molecule has 1 amide bonds. The van der Waals surface area contributed by atoms with E-state index in [1.54, 1.807) is 12.6 Å². The molecule has 0 saturated carbocycles. The van der Waals surface area contributed by atoms with Gasteiger partial charge in [0.05, 0.1) is 0 Å². The van der Waals surface area contributed by atoms with E-state index in [1.165, 1.54) is 38.2 Å². The molecule has 0 heterocycles. The van der Waals surface area contributed by atoms with Crippen molar-refractivity contribution in [1.29, 1.82) is 0 Å². The molecule has 0 bridgehead atoms. The number of hydrogen-bond donors (Lipinski definition) is 3. The first-order valence-electron chi connectivity index (χ1n) is 9.16. The van der Waals surface area contributed by atoms with E-state index in [4.69, 9.17) is 0 Å². The van der Waals surface area contributed by atoms with Gasteiger partial charge in [-0.1, -0.05) is 23.8 Å². The van der Waals surface area contributed by atoms with Crippen molar-refractivity contribution in [1.82, 2.24) is 10.6 Å². The molecule has 2 rings (SSSR count). The Morgan fingerprint density at radius 3 is 2.35 bits per heavy atom. The molecule has 6 heteroatoms. The molecule has 1 aromatic carbocycles. The number of carbonyl (C=O) groups excluding carboxylic acids is 1. The van der Waals surface area contributed by atoms with Crippen molar-refractivity contribution < 1.29 is 4.79 Å². The van der Waals surface area contributed by atoms with Gasteiger partial charge in [-0.2, -0.15) is 0 Å². The molecular formula is C20H31IN4O. The predicted molar refractivity (Wildman–Crippen MR) is 120 cm³/mol. The summed E-state index contributed by atoms with van der Waals surface area (Å²) in [6, 6.07) is 7.95. The number of nitrogens with one attached hydrogen (secondary N) is 3. The van der Waals surface area contributed by atoms with Gasteiger partial charge in [-0.05, 0) is 56.2 Å². The Hall–Kier alpha value is -1.57.